The molecule has 0 aliphatic carbocycles. The molecule has 118 valence electrons. The predicted octanol–water partition coefficient (Wildman–Crippen LogP) is 2.55. The average Bonchev–Trinajstić information content (AvgIpc) is 2.87. The van der Waals surface area contributed by atoms with Crippen LogP contribution in [0, 0.1) is 13.8 Å². The molecule has 0 saturated carbocycles. The first-order chi connectivity index (χ1) is 10.9. The summed E-state index contributed by atoms with van der Waals surface area (Å²) in [5.41, 5.74) is 2.47. The molecule has 23 heavy (non-hydrogen) atoms. The van der Waals surface area contributed by atoms with Gasteiger partial charge in [0.15, 0.2) is 11.4 Å². The number of Topliss-reactive ketones (excluding diaryl/α,β-unsaturated/α-hetero) is 1. The van der Waals surface area contributed by atoms with Gasteiger partial charge in [0.2, 0.25) is 0 Å². The SMILES string of the molecule is CC(=O)c1nn([C@@H](C)c2ccc(C)cc2)c2nc(C)[nH]c(=O)c12. The zero-order valence-electron chi connectivity index (χ0n) is 13.5. The highest BCUT2D eigenvalue weighted by molar-refractivity contribution is 6.03. The van der Waals surface area contributed by atoms with E-state index in [1.54, 1.807) is 11.6 Å². The van der Waals surface area contributed by atoms with E-state index in [4.69, 9.17) is 0 Å². The van der Waals surface area contributed by atoms with E-state index in [0.29, 0.717) is 11.5 Å². The summed E-state index contributed by atoms with van der Waals surface area (Å²) in [4.78, 5) is 31.1. The molecular weight excluding hydrogens is 292 g/mol. The Balaban J connectivity index is 2.27. The van der Waals surface area contributed by atoms with Gasteiger partial charge in [-0.15, -0.1) is 0 Å². The maximum atomic E-state index is 12.2. The molecule has 3 aromatic rings. The van der Waals surface area contributed by atoms with Crippen LogP contribution in [0.1, 0.15) is 47.3 Å². The van der Waals surface area contributed by atoms with Gasteiger partial charge in [-0.3, -0.25) is 9.59 Å². The van der Waals surface area contributed by atoms with Crippen LogP contribution < -0.4 is 5.56 Å². The van der Waals surface area contributed by atoms with Crippen LogP contribution >= 0.6 is 0 Å². The molecule has 0 radical (unpaired) electrons. The third kappa shape index (κ3) is 2.56. The molecule has 0 aliphatic rings. The van der Waals surface area contributed by atoms with Gasteiger partial charge in [-0.05, 0) is 26.3 Å². The predicted molar refractivity (Wildman–Crippen MR) is 87.9 cm³/mol. The summed E-state index contributed by atoms with van der Waals surface area (Å²) in [6, 6.07) is 7.94. The Hall–Kier alpha value is -2.76. The number of aromatic nitrogens is 4. The third-order valence-electron chi connectivity index (χ3n) is 3.94. The largest absolute Gasteiger partial charge is 0.310 e. The van der Waals surface area contributed by atoms with E-state index in [-0.39, 0.29) is 28.5 Å². The molecule has 1 aromatic carbocycles. The number of carbonyl (C=O) groups is 1. The van der Waals surface area contributed by atoms with Crippen molar-refractivity contribution in [1.82, 2.24) is 19.7 Å². The first-order valence-electron chi connectivity index (χ1n) is 7.45. The lowest BCUT2D eigenvalue weighted by Gasteiger charge is -2.13. The first kappa shape index (κ1) is 15.1. The standard InChI is InChI=1S/C17H18N4O2/c1-9-5-7-13(8-6-9)10(2)21-16-14(15(20-21)11(3)22)17(23)19-12(4)18-16/h5-8,10H,1-4H3,(H,18,19,23)/t10-/m0/s1. The molecular formula is C17H18N4O2. The second-order valence-corrected chi connectivity index (χ2v) is 5.79. The van der Waals surface area contributed by atoms with Crippen LogP contribution in [0.4, 0.5) is 0 Å². The van der Waals surface area contributed by atoms with Crippen molar-refractivity contribution in [2.75, 3.05) is 0 Å². The molecule has 0 unspecified atom stereocenters. The molecule has 2 aromatic heterocycles. The van der Waals surface area contributed by atoms with Crippen LogP contribution in [0.5, 0.6) is 0 Å². The van der Waals surface area contributed by atoms with Crippen LogP contribution in [0.3, 0.4) is 0 Å². The fraction of sp³-hybridized carbons (Fsp3) is 0.294. The van der Waals surface area contributed by atoms with Gasteiger partial charge in [0.1, 0.15) is 16.9 Å². The Kier molecular flexibility index (Phi) is 3.60. The molecule has 6 heteroatoms. The topological polar surface area (TPSA) is 80.6 Å². The Morgan fingerprint density at radius 1 is 1.22 bits per heavy atom. The van der Waals surface area contributed by atoms with Gasteiger partial charge in [0.25, 0.3) is 5.56 Å². The Bertz CT molecular complexity index is 951. The zero-order valence-corrected chi connectivity index (χ0v) is 13.5. The fourth-order valence-electron chi connectivity index (χ4n) is 2.66. The summed E-state index contributed by atoms with van der Waals surface area (Å²) in [7, 11) is 0. The van der Waals surface area contributed by atoms with Crippen molar-refractivity contribution in [3.05, 3.63) is 57.3 Å². The van der Waals surface area contributed by atoms with Gasteiger partial charge >= 0.3 is 0 Å². The van der Waals surface area contributed by atoms with Crippen LogP contribution in [-0.2, 0) is 0 Å². The molecule has 2 heterocycles. The second kappa shape index (κ2) is 5.46. The van der Waals surface area contributed by atoms with Gasteiger partial charge in [-0.1, -0.05) is 29.8 Å². The number of nitrogens with zero attached hydrogens (tertiary/aromatic N) is 3. The van der Waals surface area contributed by atoms with Crippen molar-refractivity contribution in [1.29, 1.82) is 0 Å². The Labute approximate surface area is 133 Å². The minimum absolute atomic E-state index is 0.139. The maximum absolute atomic E-state index is 12.2. The molecule has 0 bridgehead atoms. The van der Waals surface area contributed by atoms with Crippen LogP contribution in [0.25, 0.3) is 11.0 Å². The number of hydrogen-bond acceptors (Lipinski definition) is 4. The van der Waals surface area contributed by atoms with Gasteiger partial charge in [0, 0.05) is 6.92 Å². The zero-order chi connectivity index (χ0) is 16.7. The van der Waals surface area contributed by atoms with E-state index in [2.05, 4.69) is 15.1 Å². The van der Waals surface area contributed by atoms with Crippen molar-refractivity contribution in [3.63, 3.8) is 0 Å². The normalized spacial score (nSPS) is 12.5. The highest BCUT2D eigenvalue weighted by Gasteiger charge is 2.22. The van der Waals surface area contributed by atoms with E-state index in [9.17, 15) is 9.59 Å². The van der Waals surface area contributed by atoms with Crippen LogP contribution in [-0.4, -0.2) is 25.5 Å². The smallest absolute Gasteiger partial charge is 0.262 e. The van der Waals surface area contributed by atoms with Crippen LogP contribution in [0.2, 0.25) is 0 Å². The molecule has 0 saturated heterocycles. The lowest BCUT2D eigenvalue weighted by Crippen LogP contribution is -2.13. The summed E-state index contributed by atoms with van der Waals surface area (Å²) >= 11 is 0. The summed E-state index contributed by atoms with van der Waals surface area (Å²) in [5, 5.41) is 4.63. The van der Waals surface area contributed by atoms with E-state index >= 15 is 0 Å². The minimum atomic E-state index is -0.333. The number of H-pyrrole nitrogens is 1. The lowest BCUT2D eigenvalue weighted by atomic mass is 10.1. The fourth-order valence-corrected chi connectivity index (χ4v) is 2.66. The molecule has 6 nitrogen and oxygen atoms in total. The number of rotatable bonds is 3. The van der Waals surface area contributed by atoms with Crippen LogP contribution in [0.15, 0.2) is 29.1 Å². The molecule has 0 fully saturated rings. The molecule has 1 N–H and O–H groups in total. The summed E-state index contributed by atoms with van der Waals surface area (Å²) in [5.74, 6) is 0.246. The number of benzene rings is 1. The van der Waals surface area contributed by atoms with Crippen molar-refractivity contribution in [3.8, 4) is 0 Å². The van der Waals surface area contributed by atoms with E-state index in [0.717, 1.165) is 5.56 Å². The highest BCUT2D eigenvalue weighted by atomic mass is 16.1. The van der Waals surface area contributed by atoms with Gasteiger partial charge in [0.05, 0.1) is 6.04 Å². The second-order valence-electron chi connectivity index (χ2n) is 5.79. The quantitative estimate of drug-likeness (QED) is 0.754. The van der Waals surface area contributed by atoms with E-state index < -0.39 is 0 Å². The first-order valence-corrected chi connectivity index (χ1v) is 7.45. The van der Waals surface area contributed by atoms with Gasteiger partial charge in [-0.25, -0.2) is 9.67 Å². The number of nitrogens with one attached hydrogen (secondary N) is 1. The van der Waals surface area contributed by atoms with E-state index in [1.165, 1.54) is 12.5 Å². The minimum Gasteiger partial charge on any atom is -0.310 e. The number of hydrogen-bond donors (Lipinski definition) is 1. The number of aromatic amines is 1. The monoisotopic (exact) mass is 310 g/mol. The number of carbonyl (C=O) groups excluding carboxylic acids is 1. The summed E-state index contributed by atoms with van der Waals surface area (Å²) in [6.45, 7) is 7.11. The average molecular weight is 310 g/mol. The molecule has 3 rings (SSSR count). The molecule has 0 amide bonds. The number of fused-ring (bicyclic) bond motifs is 1. The van der Waals surface area contributed by atoms with Gasteiger partial charge in [-0.2, -0.15) is 5.10 Å². The Morgan fingerprint density at radius 2 is 1.87 bits per heavy atom. The number of ketones is 1. The lowest BCUT2D eigenvalue weighted by molar-refractivity contribution is 0.101. The van der Waals surface area contributed by atoms with Crippen molar-refractivity contribution in [2.45, 2.75) is 33.7 Å². The van der Waals surface area contributed by atoms with E-state index in [1.807, 2.05) is 38.1 Å². The Morgan fingerprint density at radius 3 is 2.48 bits per heavy atom. The van der Waals surface area contributed by atoms with Crippen molar-refractivity contribution < 1.29 is 4.79 Å². The molecule has 1 atom stereocenters. The van der Waals surface area contributed by atoms with Gasteiger partial charge < -0.3 is 4.98 Å². The summed E-state index contributed by atoms with van der Waals surface area (Å²) < 4.78 is 1.65. The van der Waals surface area contributed by atoms with Crippen molar-refractivity contribution in [2.24, 2.45) is 0 Å². The summed E-state index contributed by atoms with van der Waals surface area (Å²) in [6.07, 6.45) is 0. The van der Waals surface area contributed by atoms with Crippen molar-refractivity contribution >= 4 is 16.8 Å². The number of aryl methyl sites for hydroxylation is 2. The maximum Gasteiger partial charge on any atom is 0.262 e. The third-order valence-corrected chi connectivity index (χ3v) is 3.94. The molecule has 0 aliphatic heterocycles. The highest BCUT2D eigenvalue weighted by Crippen LogP contribution is 2.23. The molecule has 0 spiro atoms.